The maximum atomic E-state index is 9.02. The number of hydrogen-bond acceptors (Lipinski definition) is 5. The van der Waals surface area contributed by atoms with E-state index >= 15 is 0 Å². The second-order valence-corrected chi connectivity index (χ2v) is 4.69. The van der Waals surface area contributed by atoms with Crippen LogP contribution in [0.25, 0.3) is 0 Å². The van der Waals surface area contributed by atoms with Gasteiger partial charge in [0.05, 0.1) is 12.0 Å². The average molecular weight is 247 g/mol. The SMILES string of the molecule is Cc1nsc(NC(C)Cc2ccco2)c1C#N. The number of aromatic nitrogens is 1. The highest BCUT2D eigenvalue weighted by atomic mass is 32.1. The molecule has 5 heteroatoms. The monoisotopic (exact) mass is 247 g/mol. The third-order valence-electron chi connectivity index (χ3n) is 2.44. The molecule has 0 aliphatic carbocycles. The van der Waals surface area contributed by atoms with Gasteiger partial charge in [0.15, 0.2) is 0 Å². The standard InChI is InChI=1S/C12H13N3OS/c1-8(6-10-4-3-5-16-10)14-12-11(7-13)9(2)15-17-12/h3-5,8,14H,6H2,1-2H3. The van der Waals surface area contributed by atoms with Crippen molar-refractivity contribution in [1.82, 2.24) is 4.37 Å². The van der Waals surface area contributed by atoms with Gasteiger partial charge in [0.2, 0.25) is 0 Å². The maximum Gasteiger partial charge on any atom is 0.127 e. The fourth-order valence-electron chi connectivity index (χ4n) is 1.61. The minimum atomic E-state index is 0.202. The highest BCUT2D eigenvalue weighted by Crippen LogP contribution is 2.24. The minimum Gasteiger partial charge on any atom is -0.469 e. The molecule has 0 spiro atoms. The molecule has 0 amide bonds. The molecule has 2 aromatic rings. The largest absolute Gasteiger partial charge is 0.469 e. The van der Waals surface area contributed by atoms with E-state index in [2.05, 4.69) is 22.7 Å². The van der Waals surface area contributed by atoms with Gasteiger partial charge in [-0.25, -0.2) is 0 Å². The Morgan fingerprint density at radius 2 is 2.47 bits per heavy atom. The first kappa shape index (κ1) is 11.7. The Kier molecular flexibility index (Phi) is 3.45. The van der Waals surface area contributed by atoms with E-state index in [0.29, 0.717) is 5.56 Å². The van der Waals surface area contributed by atoms with Crippen molar-refractivity contribution in [3.05, 3.63) is 35.4 Å². The van der Waals surface area contributed by atoms with Crippen LogP contribution in [0.2, 0.25) is 0 Å². The van der Waals surface area contributed by atoms with Crippen molar-refractivity contribution >= 4 is 16.5 Å². The van der Waals surface area contributed by atoms with Gasteiger partial charge in [-0.2, -0.15) is 9.64 Å². The van der Waals surface area contributed by atoms with Crippen LogP contribution in [0.4, 0.5) is 5.00 Å². The quantitative estimate of drug-likeness (QED) is 0.902. The summed E-state index contributed by atoms with van der Waals surface area (Å²) in [7, 11) is 0. The molecule has 2 aromatic heterocycles. The molecule has 1 atom stereocenters. The predicted molar refractivity (Wildman–Crippen MR) is 67.1 cm³/mol. The molecule has 88 valence electrons. The molecule has 0 aliphatic heterocycles. The Hall–Kier alpha value is -1.80. The molecule has 17 heavy (non-hydrogen) atoms. The highest BCUT2D eigenvalue weighted by molar-refractivity contribution is 7.10. The zero-order valence-electron chi connectivity index (χ0n) is 9.73. The van der Waals surface area contributed by atoms with Gasteiger partial charge in [-0.15, -0.1) is 0 Å². The molecule has 0 aliphatic rings. The summed E-state index contributed by atoms with van der Waals surface area (Å²) in [5.41, 5.74) is 1.42. The summed E-state index contributed by atoms with van der Waals surface area (Å²) in [6.07, 6.45) is 2.45. The van der Waals surface area contributed by atoms with Crippen LogP contribution in [0.5, 0.6) is 0 Å². The predicted octanol–water partition coefficient (Wildman–Crippen LogP) is 2.96. The summed E-state index contributed by atoms with van der Waals surface area (Å²) >= 11 is 1.33. The zero-order chi connectivity index (χ0) is 12.3. The Morgan fingerprint density at radius 3 is 3.12 bits per heavy atom. The molecule has 0 radical (unpaired) electrons. The third kappa shape index (κ3) is 2.66. The first-order chi connectivity index (χ1) is 8.20. The molecule has 2 heterocycles. The third-order valence-corrected chi connectivity index (χ3v) is 3.31. The molecule has 1 N–H and O–H groups in total. The van der Waals surface area contributed by atoms with Crippen molar-refractivity contribution in [2.24, 2.45) is 0 Å². The number of nitrogens with zero attached hydrogens (tertiary/aromatic N) is 2. The van der Waals surface area contributed by atoms with Crippen molar-refractivity contribution in [2.45, 2.75) is 26.3 Å². The fourth-order valence-corrected chi connectivity index (χ4v) is 2.46. The number of nitrogens with one attached hydrogen (secondary N) is 1. The fraction of sp³-hybridized carbons (Fsp3) is 0.333. The Balaban J connectivity index is 2.03. The molecule has 0 fully saturated rings. The summed E-state index contributed by atoms with van der Waals surface area (Å²) in [4.78, 5) is 0. The lowest BCUT2D eigenvalue weighted by Crippen LogP contribution is -2.17. The van der Waals surface area contributed by atoms with E-state index in [4.69, 9.17) is 9.68 Å². The molecule has 2 rings (SSSR count). The van der Waals surface area contributed by atoms with Crippen molar-refractivity contribution in [2.75, 3.05) is 5.32 Å². The zero-order valence-corrected chi connectivity index (χ0v) is 10.5. The van der Waals surface area contributed by atoms with E-state index in [-0.39, 0.29) is 6.04 Å². The van der Waals surface area contributed by atoms with Gasteiger partial charge < -0.3 is 9.73 Å². The second-order valence-electron chi connectivity index (χ2n) is 3.91. The van der Waals surface area contributed by atoms with Gasteiger partial charge in [-0.05, 0) is 37.5 Å². The number of furan rings is 1. The number of hydrogen-bond donors (Lipinski definition) is 1. The van der Waals surface area contributed by atoms with Gasteiger partial charge in [-0.1, -0.05) is 0 Å². The van der Waals surface area contributed by atoms with Gasteiger partial charge in [-0.3, -0.25) is 0 Å². The molecule has 1 unspecified atom stereocenters. The topological polar surface area (TPSA) is 61.9 Å². The van der Waals surface area contributed by atoms with Crippen LogP contribution in [0.3, 0.4) is 0 Å². The first-order valence-electron chi connectivity index (χ1n) is 5.36. The molecule has 0 saturated heterocycles. The number of rotatable bonds is 4. The van der Waals surface area contributed by atoms with Crippen molar-refractivity contribution in [1.29, 1.82) is 5.26 Å². The van der Waals surface area contributed by atoms with Crippen LogP contribution in [0.15, 0.2) is 22.8 Å². The highest BCUT2D eigenvalue weighted by Gasteiger charge is 2.13. The Morgan fingerprint density at radius 1 is 1.65 bits per heavy atom. The van der Waals surface area contributed by atoms with Gasteiger partial charge >= 0.3 is 0 Å². The number of aryl methyl sites for hydroxylation is 1. The molecular formula is C12H13N3OS. The maximum absolute atomic E-state index is 9.02. The second kappa shape index (κ2) is 5.02. The lowest BCUT2D eigenvalue weighted by atomic mass is 10.2. The van der Waals surface area contributed by atoms with Crippen molar-refractivity contribution in [3.8, 4) is 6.07 Å². The van der Waals surface area contributed by atoms with Crippen LogP contribution in [0, 0.1) is 18.3 Å². The van der Waals surface area contributed by atoms with E-state index in [1.165, 1.54) is 11.5 Å². The van der Waals surface area contributed by atoms with Gasteiger partial charge in [0.1, 0.15) is 22.4 Å². The normalized spacial score (nSPS) is 12.1. The lowest BCUT2D eigenvalue weighted by Gasteiger charge is -2.11. The van der Waals surface area contributed by atoms with Crippen molar-refractivity contribution in [3.63, 3.8) is 0 Å². The molecule has 0 saturated carbocycles. The van der Waals surface area contributed by atoms with Crippen LogP contribution >= 0.6 is 11.5 Å². The van der Waals surface area contributed by atoms with Crippen LogP contribution in [-0.4, -0.2) is 10.4 Å². The molecule has 0 bridgehead atoms. The molecule has 0 aromatic carbocycles. The first-order valence-corrected chi connectivity index (χ1v) is 6.13. The Bertz CT molecular complexity index is 524. The van der Waals surface area contributed by atoms with E-state index in [0.717, 1.165) is 22.9 Å². The number of nitriles is 1. The molecule has 4 nitrogen and oxygen atoms in total. The lowest BCUT2D eigenvalue weighted by molar-refractivity contribution is 0.498. The summed E-state index contributed by atoms with van der Waals surface area (Å²) in [5.74, 6) is 0.935. The van der Waals surface area contributed by atoms with E-state index in [1.54, 1.807) is 6.26 Å². The number of anilines is 1. The van der Waals surface area contributed by atoms with Crippen LogP contribution < -0.4 is 5.32 Å². The van der Waals surface area contributed by atoms with Crippen molar-refractivity contribution < 1.29 is 4.42 Å². The molecular weight excluding hydrogens is 234 g/mol. The van der Waals surface area contributed by atoms with Gasteiger partial charge in [0.25, 0.3) is 0 Å². The average Bonchev–Trinajstić information content (AvgIpc) is 2.89. The summed E-state index contributed by atoms with van der Waals surface area (Å²) < 4.78 is 9.46. The summed E-state index contributed by atoms with van der Waals surface area (Å²) in [6.45, 7) is 3.90. The summed E-state index contributed by atoms with van der Waals surface area (Å²) in [6, 6.07) is 6.19. The van der Waals surface area contributed by atoms with Crippen LogP contribution in [-0.2, 0) is 6.42 Å². The van der Waals surface area contributed by atoms with E-state index in [9.17, 15) is 0 Å². The summed E-state index contributed by atoms with van der Waals surface area (Å²) in [5, 5.41) is 13.1. The van der Waals surface area contributed by atoms with Crippen LogP contribution in [0.1, 0.15) is 23.9 Å². The Labute approximate surface area is 104 Å². The van der Waals surface area contributed by atoms with E-state index in [1.807, 2.05) is 19.1 Å². The smallest absolute Gasteiger partial charge is 0.127 e. The minimum absolute atomic E-state index is 0.202. The van der Waals surface area contributed by atoms with E-state index < -0.39 is 0 Å². The van der Waals surface area contributed by atoms with Gasteiger partial charge in [0, 0.05) is 12.5 Å².